The van der Waals surface area contributed by atoms with E-state index in [2.05, 4.69) is 73.6 Å². The number of fused-ring (bicyclic) bond motifs is 4. The smallest absolute Gasteiger partial charge is 0.0778 e. The first-order chi connectivity index (χ1) is 18.9. The van der Waals surface area contributed by atoms with Crippen LogP contribution >= 0.6 is 0 Å². The molecule has 4 nitrogen and oxygen atoms in total. The molecule has 5 aliphatic rings. The molecule has 0 radical (unpaired) electrons. The molecule has 8 bridgehead atoms. The maximum absolute atomic E-state index is 5.37. The third-order valence-corrected chi connectivity index (χ3v) is 8.99. The third-order valence-electron chi connectivity index (χ3n) is 8.99. The molecular formula is C35H44N4. The van der Waals surface area contributed by atoms with E-state index in [9.17, 15) is 0 Å². The molecular weight excluding hydrogens is 476 g/mol. The molecule has 0 saturated heterocycles. The minimum Gasteiger partial charge on any atom is -0.277 e. The van der Waals surface area contributed by atoms with Crippen molar-refractivity contribution in [2.24, 2.45) is 20.0 Å². The highest BCUT2D eigenvalue weighted by Crippen LogP contribution is 2.39. The van der Waals surface area contributed by atoms with Crippen LogP contribution in [0.3, 0.4) is 0 Å². The van der Waals surface area contributed by atoms with Crippen LogP contribution in [0.4, 0.5) is 0 Å². The van der Waals surface area contributed by atoms with Crippen LogP contribution in [0.5, 0.6) is 0 Å². The van der Waals surface area contributed by atoms with Gasteiger partial charge >= 0.3 is 0 Å². The average molecular weight is 521 g/mol. The summed E-state index contributed by atoms with van der Waals surface area (Å²) < 4.78 is 0. The Kier molecular flexibility index (Phi) is 7.84. The molecule has 0 spiro atoms. The monoisotopic (exact) mass is 520 g/mol. The lowest BCUT2D eigenvalue weighted by molar-refractivity contribution is 0.780. The van der Waals surface area contributed by atoms with Gasteiger partial charge in [0.25, 0.3) is 0 Å². The molecule has 1 unspecified atom stereocenters. The van der Waals surface area contributed by atoms with E-state index in [1.165, 1.54) is 50.3 Å². The topological polar surface area (TPSA) is 49.4 Å². The van der Waals surface area contributed by atoms with Crippen LogP contribution in [0.15, 0.2) is 99.9 Å². The van der Waals surface area contributed by atoms with Crippen molar-refractivity contribution in [1.82, 2.24) is 0 Å². The zero-order chi connectivity index (χ0) is 27.8. The molecule has 0 N–H and O–H groups in total. The van der Waals surface area contributed by atoms with Crippen LogP contribution in [0.2, 0.25) is 0 Å². The Hall–Kier alpha value is -3.14. The molecule has 39 heavy (non-hydrogen) atoms. The number of allylic oxidation sites excluding steroid dienone is 10. The standard InChI is InChI=1S/C35H44N4/c1-9-21-20(8)28-16-30-22(10-2)23(11-3)32(37-30)18-34-26(14-6)27(15-7)35(39-34)19-33-25(13-5)24(12-4)31(38-33)17-29(21)36-28/h16,18-19,31H,9-15,17H2,1-8H3. The fourth-order valence-electron chi connectivity index (χ4n) is 7.06. The lowest BCUT2D eigenvalue weighted by Gasteiger charge is -2.14. The van der Waals surface area contributed by atoms with E-state index in [-0.39, 0.29) is 6.04 Å². The predicted octanol–water partition coefficient (Wildman–Crippen LogP) is 9.31. The van der Waals surface area contributed by atoms with Crippen molar-refractivity contribution in [3.63, 3.8) is 0 Å². The number of hydrogen-bond acceptors (Lipinski definition) is 4. The number of rotatable bonds is 7. The van der Waals surface area contributed by atoms with Gasteiger partial charge in [0.2, 0.25) is 0 Å². The summed E-state index contributed by atoms with van der Waals surface area (Å²) in [7, 11) is 0. The Morgan fingerprint density at radius 3 is 1.51 bits per heavy atom. The number of hydrogen-bond donors (Lipinski definition) is 0. The molecule has 5 heterocycles. The Bertz CT molecular complexity index is 1450. The number of aliphatic imine (C=N–C) groups is 4. The SMILES string of the molecule is CCC1=C(C)C2=CC3=NC(=CC4=NC(=CC5=NC(CC1=N2)C(CC)=C5CC)C(CC)=C4CC)C(CC)=C3CC. The highest BCUT2D eigenvalue weighted by Gasteiger charge is 2.32. The molecule has 0 aromatic carbocycles. The summed E-state index contributed by atoms with van der Waals surface area (Å²) in [6.45, 7) is 18.0. The maximum atomic E-state index is 5.37. The Balaban J connectivity index is 1.79. The minimum absolute atomic E-state index is 0.148. The third kappa shape index (κ3) is 4.56. The van der Waals surface area contributed by atoms with Crippen molar-refractivity contribution in [1.29, 1.82) is 0 Å². The molecule has 0 aromatic rings. The van der Waals surface area contributed by atoms with Crippen LogP contribution in [-0.2, 0) is 0 Å². The molecule has 4 heteroatoms. The lowest BCUT2D eigenvalue weighted by Crippen LogP contribution is -2.13. The van der Waals surface area contributed by atoms with Gasteiger partial charge in [0, 0.05) is 12.1 Å². The zero-order valence-corrected chi connectivity index (χ0v) is 25.3. The van der Waals surface area contributed by atoms with E-state index >= 15 is 0 Å². The second kappa shape index (κ2) is 11.2. The summed E-state index contributed by atoms with van der Waals surface area (Å²) in [6, 6.07) is 0.148. The van der Waals surface area contributed by atoms with E-state index in [0.29, 0.717) is 0 Å². The van der Waals surface area contributed by atoms with Gasteiger partial charge in [0.1, 0.15) is 0 Å². The molecule has 5 aliphatic heterocycles. The number of nitrogens with zero attached hydrogens (tertiary/aromatic N) is 4. The van der Waals surface area contributed by atoms with Gasteiger partial charge in [-0.2, -0.15) is 0 Å². The molecule has 0 fully saturated rings. The molecule has 204 valence electrons. The van der Waals surface area contributed by atoms with Gasteiger partial charge in [-0.15, -0.1) is 0 Å². The average Bonchev–Trinajstić information content (AvgIpc) is 3.64. The van der Waals surface area contributed by atoms with Crippen molar-refractivity contribution in [2.45, 2.75) is 113 Å². The van der Waals surface area contributed by atoms with Gasteiger partial charge in [-0.05, 0) is 115 Å². The van der Waals surface area contributed by atoms with Gasteiger partial charge in [-0.1, -0.05) is 48.5 Å². The second-order valence-electron chi connectivity index (χ2n) is 10.9. The van der Waals surface area contributed by atoms with E-state index in [0.717, 1.165) is 85.6 Å². The molecule has 1 atom stereocenters. The molecule has 0 aliphatic carbocycles. The predicted molar refractivity (Wildman–Crippen MR) is 168 cm³/mol. The summed E-state index contributed by atoms with van der Waals surface area (Å²) >= 11 is 0. The normalized spacial score (nSPS) is 22.9. The Morgan fingerprint density at radius 2 is 1.03 bits per heavy atom. The lowest BCUT2D eigenvalue weighted by atomic mass is 9.91. The zero-order valence-electron chi connectivity index (χ0n) is 25.3. The van der Waals surface area contributed by atoms with Crippen LogP contribution in [0.25, 0.3) is 0 Å². The van der Waals surface area contributed by atoms with E-state index < -0.39 is 0 Å². The highest BCUT2D eigenvalue weighted by atomic mass is 14.9. The summed E-state index contributed by atoms with van der Waals surface area (Å²) in [4.78, 5) is 21.1. The summed E-state index contributed by atoms with van der Waals surface area (Å²) in [5.74, 6) is 0. The molecule has 0 aromatic heterocycles. The van der Waals surface area contributed by atoms with Gasteiger partial charge in [0.05, 0.1) is 40.3 Å². The van der Waals surface area contributed by atoms with Gasteiger partial charge in [-0.3, -0.25) is 9.98 Å². The first-order valence-electron chi connectivity index (χ1n) is 15.3. The van der Waals surface area contributed by atoms with E-state index in [1.807, 2.05) is 0 Å². The highest BCUT2D eigenvalue weighted by molar-refractivity contribution is 6.18. The quantitative estimate of drug-likeness (QED) is 0.321. The minimum atomic E-state index is 0.148. The largest absolute Gasteiger partial charge is 0.277 e. The van der Waals surface area contributed by atoms with Gasteiger partial charge in [0.15, 0.2) is 0 Å². The van der Waals surface area contributed by atoms with Crippen LogP contribution in [0, 0.1) is 0 Å². The summed E-state index contributed by atoms with van der Waals surface area (Å²) in [5.41, 5.74) is 18.6. The second-order valence-corrected chi connectivity index (χ2v) is 10.9. The van der Waals surface area contributed by atoms with E-state index in [1.54, 1.807) is 0 Å². The fourth-order valence-corrected chi connectivity index (χ4v) is 7.06. The maximum Gasteiger partial charge on any atom is 0.0778 e. The molecule has 0 saturated carbocycles. The van der Waals surface area contributed by atoms with Crippen molar-refractivity contribution >= 4 is 22.8 Å². The first kappa shape index (κ1) is 27.4. The Morgan fingerprint density at radius 1 is 0.538 bits per heavy atom. The Labute approximate surface area is 235 Å². The van der Waals surface area contributed by atoms with Gasteiger partial charge < -0.3 is 0 Å². The first-order valence-corrected chi connectivity index (χ1v) is 15.3. The van der Waals surface area contributed by atoms with Gasteiger partial charge in [-0.25, -0.2) is 9.98 Å². The molecule has 5 rings (SSSR count). The van der Waals surface area contributed by atoms with Crippen molar-refractivity contribution in [3.8, 4) is 0 Å². The van der Waals surface area contributed by atoms with Crippen LogP contribution in [0.1, 0.15) is 107 Å². The van der Waals surface area contributed by atoms with Crippen molar-refractivity contribution in [2.75, 3.05) is 0 Å². The summed E-state index contributed by atoms with van der Waals surface area (Å²) in [6.07, 6.45) is 14.5. The summed E-state index contributed by atoms with van der Waals surface area (Å²) in [5, 5.41) is 0. The van der Waals surface area contributed by atoms with Crippen molar-refractivity contribution in [3.05, 3.63) is 79.9 Å². The van der Waals surface area contributed by atoms with E-state index in [4.69, 9.17) is 20.0 Å². The van der Waals surface area contributed by atoms with Crippen LogP contribution in [-0.4, -0.2) is 28.9 Å². The fraction of sp³-hybridized carbons (Fsp3) is 0.486. The van der Waals surface area contributed by atoms with Crippen molar-refractivity contribution < 1.29 is 0 Å². The molecule has 0 amide bonds. The van der Waals surface area contributed by atoms with Crippen LogP contribution < -0.4 is 0 Å².